The number of nitrogens with zero attached hydrogens (tertiary/aromatic N) is 1. The third-order valence-corrected chi connectivity index (χ3v) is 4.05. The molecule has 0 aliphatic carbocycles. The average molecular weight is 361 g/mol. The molecule has 0 aliphatic heterocycles. The summed E-state index contributed by atoms with van der Waals surface area (Å²) in [5, 5.41) is 10.6. The molecule has 3 nitrogen and oxygen atoms in total. The maximum Gasteiger partial charge on any atom is 0.269 e. The molecule has 0 radical (unpaired) electrons. The molecule has 0 aliphatic rings. The molecule has 2 aromatic rings. The van der Waals surface area contributed by atoms with Gasteiger partial charge in [-0.25, -0.2) is 0 Å². The minimum atomic E-state index is -1.24. The number of non-ortho nitro benzene ring substituents is 1. The van der Waals surface area contributed by atoms with E-state index in [4.69, 9.17) is 23.2 Å². The highest BCUT2D eigenvalue weighted by atomic mass is 79.9. The van der Waals surface area contributed by atoms with Gasteiger partial charge < -0.3 is 0 Å². The highest BCUT2D eigenvalue weighted by molar-refractivity contribution is 9.10. The summed E-state index contributed by atoms with van der Waals surface area (Å²) in [7, 11) is 0. The number of hydrogen-bond donors (Lipinski definition) is 0. The molecule has 0 saturated carbocycles. The van der Waals surface area contributed by atoms with Crippen LogP contribution in [0.3, 0.4) is 0 Å². The van der Waals surface area contributed by atoms with E-state index >= 15 is 0 Å². The Morgan fingerprint density at radius 1 is 0.947 bits per heavy atom. The van der Waals surface area contributed by atoms with E-state index in [0.29, 0.717) is 11.1 Å². The lowest BCUT2D eigenvalue weighted by Crippen LogP contribution is -2.12. The van der Waals surface area contributed by atoms with Crippen molar-refractivity contribution in [1.82, 2.24) is 0 Å². The van der Waals surface area contributed by atoms with Gasteiger partial charge in [0.25, 0.3) is 5.69 Å². The Kier molecular flexibility index (Phi) is 4.13. The van der Waals surface area contributed by atoms with Gasteiger partial charge in [0.05, 0.1) is 4.92 Å². The van der Waals surface area contributed by atoms with Crippen LogP contribution in [0.25, 0.3) is 0 Å². The predicted molar refractivity (Wildman–Crippen MR) is 79.7 cm³/mol. The van der Waals surface area contributed by atoms with Crippen molar-refractivity contribution in [2.45, 2.75) is 4.33 Å². The summed E-state index contributed by atoms with van der Waals surface area (Å²) >= 11 is 16.0. The first-order valence-corrected chi connectivity index (χ1v) is 6.85. The van der Waals surface area contributed by atoms with Crippen LogP contribution in [0.5, 0.6) is 0 Å². The van der Waals surface area contributed by atoms with Gasteiger partial charge in [-0.3, -0.25) is 10.1 Å². The van der Waals surface area contributed by atoms with Crippen LogP contribution in [0.1, 0.15) is 11.1 Å². The molecule has 0 amide bonds. The van der Waals surface area contributed by atoms with Crippen molar-refractivity contribution in [2.75, 3.05) is 0 Å². The smallest absolute Gasteiger partial charge is 0.258 e. The molecule has 0 saturated heterocycles. The molecule has 19 heavy (non-hydrogen) atoms. The van der Waals surface area contributed by atoms with Crippen LogP contribution in [-0.4, -0.2) is 4.92 Å². The van der Waals surface area contributed by atoms with Gasteiger partial charge in [-0.15, -0.1) is 0 Å². The molecule has 0 fully saturated rings. The maximum absolute atomic E-state index is 10.6. The number of halogens is 3. The van der Waals surface area contributed by atoms with Crippen molar-refractivity contribution in [3.63, 3.8) is 0 Å². The molecule has 0 heterocycles. The normalized spacial score (nSPS) is 11.3. The number of hydrogen-bond acceptors (Lipinski definition) is 2. The van der Waals surface area contributed by atoms with Gasteiger partial charge >= 0.3 is 0 Å². The number of benzene rings is 2. The molecular formula is C13H8BrCl2NO2. The molecule has 2 rings (SSSR count). The molecule has 0 aromatic heterocycles. The zero-order valence-electron chi connectivity index (χ0n) is 9.52. The van der Waals surface area contributed by atoms with E-state index in [1.54, 1.807) is 24.3 Å². The van der Waals surface area contributed by atoms with E-state index in [0.717, 1.165) is 4.47 Å². The fourth-order valence-corrected chi connectivity index (χ4v) is 2.39. The molecule has 2 aromatic carbocycles. The zero-order valence-corrected chi connectivity index (χ0v) is 12.6. The van der Waals surface area contributed by atoms with E-state index < -0.39 is 9.26 Å². The SMILES string of the molecule is O=[N+]([O-])c1ccc(C(Cl)(Cl)c2ccc(Br)cc2)cc1. The third-order valence-electron chi connectivity index (χ3n) is 2.65. The number of nitro groups is 1. The van der Waals surface area contributed by atoms with Crippen molar-refractivity contribution >= 4 is 44.8 Å². The first-order chi connectivity index (χ1) is 8.91. The fourth-order valence-electron chi connectivity index (χ4n) is 1.62. The largest absolute Gasteiger partial charge is 0.269 e. The summed E-state index contributed by atoms with van der Waals surface area (Å²) in [6, 6.07) is 13.1. The van der Waals surface area contributed by atoms with E-state index in [1.807, 2.05) is 12.1 Å². The Bertz CT molecular complexity index is 597. The Morgan fingerprint density at radius 2 is 1.37 bits per heavy atom. The molecule has 0 unspecified atom stereocenters. The Balaban J connectivity index is 2.38. The highest BCUT2D eigenvalue weighted by Gasteiger charge is 2.29. The van der Waals surface area contributed by atoms with E-state index in [9.17, 15) is 10.1 Å². The minimum Gasteiger partial charge on any atom is -0.258 e. The summed E-state index contributed by atoms with van der Waals surface area (Å²) in [6.07, 6.45) is 0. The number of rotatable bonds is 3. The number of alkyl halides is 2. The second-order valence-electron chi connectivity index (χ2n) is 3.89. The van der Waals surface area contributed by atoms with Crippen LogP contribution in [-0.2, 0) is 4.33 Å². The monoisotopic (exact) mass is 359 g/mol. The van der Waals surface area contributed by atoms with Crippen LogP contribution in [0, 0.1) is 10.1 Å². The zero-order chi connectivity index (χ0) is 14.0. The van der Waals surface area contributed by atoms with Gasteiger partial charge in [-0.05, 0) is 35.4 Å². The second kappa shape index (κ2) is 5.49. The van der Waals surface area contributed by atoms with Crippen molar-refractivity contribution in [1.29, 1.82) is 0 Å². The lowest BCUT2D eigenvalue weighted by atomic mass is 10.0. The maximum atomic E-state index is 10.6. The van der Waals surface area contributed by atoms with Crippen LogP contribution >= 0.6 is 39.1 Å². The van der Waals surface area contributed by atoms with Crippen LogP contribution in [0.2, 0.25) is 0 Å². The third kappa shape index (κ3) is 3.08. The summed E-state index contributed by atoms with van der Waals surface area (Å²) in [5.74, 6) is 0. The minimum absolute atomic E-state index is 0.00342. The van der Waals surface area contributed by atoms with Gasteiger partial charge in [0.15, 0.2) is 4.33 Å². The summed E-state index contributed by atoms with van der Waals surface area (Å²) in [5.41, 5.74) is 1.29. The quantitative estimate of drug-likeness (QED) is 0.437. The fraction of sp³-hybridized carbons (Fsp3) is 0.0769. The average Bonchev–Trinajstić information content (AvgIpc) is 2.39. The lowest BCUT2D eigenvalue weighted by molar-refractivity contribution is -0.384. The van der Waals surface area contributed by atoms with Gasteiger partial charge in [-0.1, -0.05) is 51.3 Å². The first-order valence-electron chi connectivity index (χ1n) is 5.30. The van der Waals surface area contributed by atoms with Crippen molar-refractivity contribution < 1.29 is 4.92 Å². The number of nitro benzene ring substituents is 1. The van der Waals surface area contributed by atoms with Crippen LogP contribution in [0.15, 0.2) is 53.0 Å². The van der Waals surface area contributed by atoms with Crippen molar-refractivity contribution in [2.24, 2.45) is 0 Å². The van der Waals surface area contributed by atoms with Gasteiger partial charge in [0.1, 0.15) is 0 Å². The summed E-state index contributed by atoms with van der Waals surface area (Å²) in [4.78, 5) is 10.1. The van der Waals surface area contributed by atoms with Gasteiger partial charge in [-0.2, -0.15) is 0 Å². The predicted octanol–water partition coefficient (Wildman–Crippen LogP) is 5.04. The summed E-state index contributed by atoms with van der Waals surface area (Å²) < 4.78 is -0.320. The Morgan fingerprint density at radius 3 is 1.79 bits per heavy atom. The highest BCUT2D eigenvalue weighted by Crippen LogP contribution is 2.41. The standard InChI is InChI=1S/C13H8BrCl2NO2/c14-11-5-1-9(2-6-11)13(15,16)10-3-7-12(8-4-10)17(18)19/h1-8H. The first kappa shape index (κ1) is 14.3. The van der Waals surface area contributed by atoms with E-state index in [2.05, 4.69) is 15.9 Å². The van der Waals surface area contributed by atoms with E-state index in [1.165, 1.54) is 12.1 Å². The molecule has 0 atom stereocenters. The molecule has 0 spiro atoms. The molecule has 6 heteroatoms. The van der Waals surface area contributed by atoms with Gasteiger partial charge in [0.2, 0.25) is 0 Å². The molecule has 98 valence electrons. The topological polar surface area (TPSA) is 43.1 Å². The Labute approximate surface area is 128 Å². The molecular weight excluding hydrogens is 353 g/mol. The molecule has 0 bridgehead atoms. The van der Waals surface area contributed by atoms with Crippen LogP contribution in [0.4, 0.5) is 5.69 Å². The lowest BCUT2D eigenvalue weighted by Gasteiger charge is -2.20. The van der Waals surface area contributed by atoms with Gasteiger partial charge in [0, 0.05) is 16.6 Å². The summed E-state index contributed by atoms with van der Waals surface area (Å²) in [6.45, 7) is 0. The van der Waals surface area contributed by atoms with Crippen LogP contribution < -0.4 is 0 Å². The van der Waals surface area contributed by atoms with Crippen molar-refractivity contribution in [3.05, 3.63) is 74.2 Å². The van der Waals surface area contributed by atoms with Crippen molar-refractivity contribution in [3.8, 4) is 0 Å². The second-order valence-corrected chi connectivity index (χ2v) is 6.13. The molecule has 0 N–H and O–H groups in total. The van der Waals surface area contributed by atoms with E-state index in [-0.39, 0.29) is 5.69 Å². The Hall–Kier alpha value is -1.10.